The van der Waals surface area contributed by atoms with Crippen LogP contribution in [0.5, 0.6) is 0 Å². The molecule has 0 spiro atoms. The summed E-state index contributed by atoms with van der Waals surface area (Å²) >= 11 is 0. The molecule has 0 aromatic heterocycles. The van der Waals surface area contributed by atoms with Crippen LogP contribution in [-0.2, 0) is 4.79 Å². The standard InChI is InChI=1S/C24H38O2/c1-21(2)10-6-11-22(3)17(21)9-12-23(4)18-8-7-16(15-25)14-24(18,5)20(26)13-19(22)23/h7,15,17-20,26H,6,8-14H2,1-5H3. The Kier molecular flexibility index (Phi) is 4.10. The molecule has 0 aromatic rings. The number of aliphatic hydroxyl groups excluding tert-OH is 1. The molecule has 4 rings (SSSR count). The van der Waals surface area contributed by atoms with E-state index in [1.165, 1.54) is 32.1 Å². The molecule has 26 heavy (non-hydrogen) atoms. The smallest absolute Gasteiger partial charge is 0.145 e. The topological polar surface area (TPSA) is 37.3 Å². The van der Waals surface area contributed by atoms with Crippen molar-refractivity contribution in [2.45, 2.75) is 92.1 Å². The summed E-state index contributed by atoms with van der Waals surface area (Å²) in [6, 6.07) is 0. The van der Waals surface area contributed by atoms with Crippen LogP contribution in [0.25, 0.3) is 0 Å². The molecule has 3 saturated carbocycles. The second kappa shape index (κ2) is 5.69. The van der Waals surface area contributed by atoms with E-state index in [9.17, 15) is 9.90 Å². The first-order chi connectivity index (χ1) is 12.1. The Hall–Kier alpha value is -0.630. The fourth-order valence-electron chi connectivity index (χ4n) is 8.77. The van der Waals surface area contributed by atoms with E-state index in [2.05, 4.69) is 40.7 Å². The second-order valence-electron chi connectivity index (χ2n) is 11.6. The van der Waals surface area contributed by atoms with Crippen molar-refractivity contribution in [3.8, 4) is 0 Å². The summed E-state index contributed by atoms with van der Waals surface area (Å²) in [4.78, 5) is 11.4. The van der Waals surface area contributed by atoms with Crippen molar-refractivity contribution in [1.29, 1.82) is 0 Å². The van der Waals surface area contributed by atoms with Crippen LogP contribution in [0, 0.1) is 39.4 Å². The summed E-state index contributed by atoms with van der Waals surface area (Å²) in [6.07, 6.45) is 12.2. The van der Waals surface area contributed by atoms with Crippen molar-refractivity contribution < 1.29 is 9.90 Å². The number of fused-ring (bicyclic) bond motifs is 5. The third kappa shape index (κ3) is 2.30. The van der Waals surface area contributed by atoms with Gasteiger partial charge < -0.3 is 5.11 Å². The van der Waals surface area contributed by atoms with Gasteiger partial charge in [0.15, 0.2) is 0 Å². The van der Waals surface area contributed by atoms with E-state index in [-0.39, 0.29) is 16.9 Å². The quantitative estimate of drug-likeness (QED) is 0.625. The van der Waals surface area contributed by atoms with Crippen molar-refractivity contribution in [3.05, 3.63) is 11.6 Å². The zero-order valence-electron chi connectivity index (χ0n) is 17.5. The van der Waals surface area contributed by atoms with Crippen molar-refractivity contribution in [2.24, 2.45) is 39.4 Å². The van der Waals surface area contributed by atoms with Crippen LogP contribution in [0.3, 0.4) is 0 Å². The lowest BCUT2D eigenvalue weighted by atomic mass is 9.35. The number of allylic oxidation sites excluding steroid dienone is 2. The number of hydrogen-bond acceptors (Lipinski definition) is 2. The molecule has 146 valence electrons. The van der Waals surface area contributed by atoms with Crippen LogP contribution in [-0.4, -0.2) is 17.5 Å². The SMILES string of the molecule is CC1(C)CCCC2(C)C1CCC1(C)C3CC=C(C=O)CC3(C)C(O)CC21. The van der Waals surface area contributed by atoms with E-state index in [1.54, 1.807) is 0 Å². The van der Waals surface area contributed by atoms with E-state index in [0.717, 1.165) is 37.0 Å². The van der Waals surface area contributed by atoms with Crippen LogP contribution in [0.4, 0.5) is 0 Å². The number of carbonyl (C=O) groups excluding carboxylic acids is 1. The fraction of sp³-hybridized carbons (Fsp3) is 0.875. The minimum atomic E-state index is -0.283. The van der Waals surface area contributed by atoms with E-state index in [1.807, 2.05) is 0 Å². The number of carbonyl (C=O) groups is 1. The molecule has 0 bridgehead atoms. The number of hydrogen-bond donors (Lipinski definition) is 1. The van der Waals surface area contributed by atoms with Gasteiger partial charge in [0.2, 0.25) is 0 Å². The lowest BCUT2D eigenvalue weighted by Crippen LogP contribution is -2.64. The summed E-state index contributed by atoms with van der Waals surface area (Å²) < 4.78 is 0. The minimum Gasteiger partial charge on any atom is -0.393 e. The van der Waals surface area contributed by atoms with Gasteiger partial charge in [-0.3, -0.25) is 4.79 Å². The predicted molar refractivity (Wildman–Crippen MR) is 106 cm³/mol. The molecular formula is C24H38O2. The van der Waals surface area contributed by atoms with Gasteiger partial charge in [-0.15, -0.1) is 0 Å². The number of aldehydes is 1. The molecule has 4 aliphatic carbocycles. The van der Waals surface area contributed by atoms with Crippen LogP contribution in [0.1, 0.15) is 86.0 Å². The van der Waals surface area contributed by atoms with Gasteiger partial charge in [0.05, 0.1) is 6.10 Å². The fourth-order valence-corrected chi connectivity index (χ4v) is 8.77. The zero-order valence-corrected chi connectivity index (χ0v) is 17.5. The molecule has 7 unspecified atom stereocenters. The number of rotatable bonds is 1. The van der Waals surface area contributed by atoms with Gasteiger partial charge in [-0.05, 0) is 84.5 Å². The Labute approximate surface area is 159 Å². The Bertz CT molecular complexity index is 634. The summed E-state index contributed by atoms with van der Waals surface area (Å²) in [5.74, 6) is 1.88. The Morgan fingerprint density at radius 1 is 0.962 bits per heavy atom. The molecule has 0 saturated heterocycles. The highest BCUT2D eigenvalue weighted by atomic mass is 16.3. The van der Waals surface area contributed by atoms with E-state index in [0.29, 0.717) is 22.7 Å². The second-order valence-corrected chi connectivity index (χ2v) is 11.6. The summed E-state index contributed by atoms with van der Waals surface area (Å²) in [5, 5.41) is 11.3. The first-order valence-corrected chi connectivity index (χ1v) is 10.9. The predicted octanol–water partition coefficient (Wildman–Crippen LogP) is 5.54. The lowest BCUT2D eigenvalue weighted by Gasteiger charge is -2.69. The average Bonchev–Trinajstić information content (AvgIpc) is 2.56. The molecule has 0 aliphatic heterocycles. The van der Waals surface area contributed by atoms with Gasteiger partial charge in [0.1, 0.15) is 6.29 Å². The highest BCUT2D eigenvalue weighted by Gasteiger charge is 2.66. The molecule has 0 aromatic carbocycles. The van der Waals surface area contributed by atoms with Crippen LogP contribution in [0.2, 0.25) is 0 Å². The van der Waals surface area contributed by atoms with Crippen molar-refractivity contribution in [3.63, 3.8) is 0 Å². The van der Waals surface area contributed by atoms with E-state index < -0.39 is 0 Å². The molecule has 2 nitrogen and oxygen atoms in total. The Balaban J connectivity index is 1.76. The molecule has 4 aliphatic rings. The molecule has 0 amide bonds. The highest BCUT2D eigenvalue weighted by Crippen LogP contribution is 2.72. The van der Waals surface area contributed by atoms with Crippen molar-refractivity contribution in [1.82, 2.24) is 0 Å². The molecule has 3 fully saturated rings. The number of aliphatic hydroxyl groups is 1. The summed E-state index contributed by atoms with van der Waals surface area (Å²) in [7, 11) is 0. The minimum absolute atomic E-state index is 0.135. The molecule has 7 atom stereocenters. The molecule has 0 radical (unpaired) electrons. The summed E-state index contributed by atoms with van der Waals surface area (Å²) in [5.41, 5.74) is 1.84. The van der Waals surface area contributed by atoms with Crippen LogP contribution >= 0.6 is 0 Å². The largest absolute Gasteiger partial charge is 0.393 e. The van der Waals surface area contributed by atoms with Gasteiger partial charge in [-0.25, -0.2) is 0 Å². The first-order valence-electron chi connectivity index (χ1n) is 10.9. The monoisotopic (exact) mass is 358 g/mol. The molecule has 1 N–H and O–H groups in total. The molecular weight excluding hydrogens is 320 g/mol. The van der Waals surface area contributed by atoms with E-state index in [4.69, 9.17) is 0 Å². The van der Waals surface area contributed by atoms with E-state index >= 15 is 0 Å². The maximum Gasteiger partial charge on any atom is 0.145 e. The van der Waals surface area contributed by atoms with Gasteiger partial charge >= 0.3 is 0 Å². The average molecular weight is 359 g/mol. The molecule has 2 heteroatoms. The first kappa shape index (κ1) is 18.7. The zero-order chi connectivity index (χ0) is 19.0. The normalized spacial score (nSPS) is 52.9. The van der Waals surface area contributed by atoms with Gasteiger partial charge in [0, 0.05) is 5.41 Å². The van der Waals surface area contributed by atoms with Gasteiger partial charge in [0.25, 0.3) is 0 Å². The van der Waals surface area contributed by atoms with Crippen molar-refractivity contribution in [2.75, 3.05) is 0 Å². The molecule has 0 heterocycles. The van der Waals surface area contributed by atoms with Gasteiger partial charge in [-0.2, -0.15) is 0 Å². The van der Waals surface area contributed by atoms with Gasteiger partial charge in [-0.1, -0.05) is 47.1 Å². The third-order valence-electron chi connectivity index (χ3n) is 10.0. The Morgan fingerprint density at radius 2 is 1.65 bits per heavy atom. The third-order valence-corrected chi connectivity index (χ3v) is 10.0. The maximum atomic E-state index is 11.4. The van der Waals surface area contributed by atoms with Crippen molar-refractivity contribution >= 4 is 6.29 Å². The highest BCUT2D eigenvalue weighted by molar-refractivity contribution is 5.73. The van der Waals surface area contributed by atoms with Crippen LogP contribution < -0.4 is 0 Å². The maximum absolute atomic E-state index is 11.4. The summed E-state index contributed by atoms with van der Waals surface area (Å²) in [6.45, 7) is 12.3. The van der Waals surface area contributed by atoms with Crippen LogP contribution in [0.15, 0.2) is 11.6 Å². The lowest BCUT2D eigenvalue weighted by molar-refractivity contribution is -0.223. The Morgan fingerprint density at radius 3 is 2.35 bits per heavy atom.